The predicted molar refractivity (Wildman–Crippen MR) is 70.4 cm³/mol. The molecule has 0 spiro atoms. The van der Waals surface area contributed by atoms with Crippen molar-refractivity contribution in [2.75, 3.05) is 5.73 Å². The van der Waals surface area contributed by atoms with Crippen molar-refractivity contribution in [1.29, 1.82) is 0 Å². The molecule has 1 aromatic carbocycles. The maximum absolute atomic E-state index is 13.1. The summed E-state index contributed by atoms with van der Waals surface area (Å²) in [6.45, 7) is 1.89. The van der Waals surface area contributed by atoms with Gasteiger partial charge in [0.2, 0.25) is 5.95 Å². The molecule has 21 heavy (non-hydrogen) atoms. The van der Waals surface area contributed by atoms with E-state index in [2.05, 4.69) is 15.1 Å². The smallest absolute Gasteiger partial charge is 0.366 e. The number of rotatable bonds is 1. The number of benzene rings is 1. The van der Waals surface area contributed by atoms with Crippen LogP contribution in [0.1, 0.15) is 11.3 Å². The second-order valence-corrected chi connectivity index (χ2v) is 4.57. The van der Waals surface area contributed by atoms with E-state index in [1.165, 1.54) is 0 Å². The van der Waals surface area contributed by atoms with Crippen LogP contribution in [-0.4, -0.2) is 19.6 Å². The molecular formula is C13H10F3N5. The molecule has 2 heterocycles. The summed E-state index contributed by atoms with van der Waals surface area (Å²) in [5.41, 5.74) is 6.13. The van der Waals surface area contributed by atoms with Gasteiger partial charge in [-0.2, -0.15) is 22.7 Å². The SMILES string of the molecule is Cc1ccc(-c2cc(C(F)(F)F)n3nc(N)nc3n2)cc1. The van der Waals surface area contributed by atoms with Crippen LogP contribution in [-0.2, 0) is 6.18 Å². The number of hydrogen-bond donors (Lipinski definition) is 1. The predicted octanol–water partition coefficient (Wildman–Crippen LogP) is 2.70. The van der Waals surface area contributed by atoms with Crippen molar-refractivity contribution < 1.29 is 13.2 Å². The Bertz CT molecular complexity index is 805. The Balaban J connectivity index is 2.27. The quantitative estimate of drug-likeness (QED) is 0.749. The van der Waals surface area contributed by atoms with Gasteiger partial charge in [0.25, 0.3) is 5.78 Å². The highest BCUT2D eigenvalue weighted by atomic mass is 19.4. The van der Waals surface area contributed by atoms with Crippen LogP contribution < -0.4 is 5.73 Å². The van der Waals surface area contributed by atoms with Gasteiger partial charge in [0.15, 0.2) is 5.69 Å². The number of halogens is 3. The van der Waals surface area contributed by atoms with Crippen molar-refractivity contribution in [3.63, 3.8) is 0 Å². The molecule has 8 heteroatoms. The monoisotopic (exact) mass is 293 g/mol. The summed E-state index contributed by atoms with van der Waals surface area (Å²) in [7, 11) is 0. The van der Waals surface area contributed by atoms with Gasteiger partial charge in [-0.1, -0.05) is 29.8 Å². The standard InChI is InChI=1S/C13H10F3N5/c1-7-2-4-8(5-3-7)9-6-10(13(14,15)16)21-12(18-9)19-11(17)20-21/h2-6H,1H3,(H2,17,20). The van der Waals surface area contributed by atoms with E-state index in [1.54, 1.807) is 24.3 Å². The van der Waals surface area contributed by atoms with E-state index in [0.717, 1.165) is 11.6 Å². The Hall–Kier alpha value is -2.64. The van der Waals surface area contributed by atoms with Crippen LogP contribution in [0.25, 0.3) is 17.0 Å². The molecule has 0 saturated carbocycles. The molecule has 0 aliphatic heterocycles. The van der Waals surface area contributed by atoms with E-state index in [4.69, 9.17) is 5.73 Å². The number of nitrogens with two attached hydrogens (primary N) is 1. The topological polar surface area (TPSA) is 69.1 Å². The zero-order chi connectivity index (χ0) is 15.2. The highest BCUT2D eigenvalue weighted by Crippen LogP contribution is 2.31. The largest absolute Gasteiger partial charge is 0.433 e. The fraction of sp³-hybridized carbons (Fsp3) is 0.154. The molecule has 0 unspecified atom stereocenters. The van der Waals surface area contributed by atoms with Crippen LogP contribution >= 0.6 is 0 Å². The minimum atomic E-state index is -4.58. The first-order valence-electron chi connectivity index (χ1n) is 6.02. The Morgan fingerprint density at radius 2 is 1.76 bits per heavy atom. The third-order valence-corrected chi connectivity index (χ3v) is 2.97. The Kier molecular flexibility index (Phi) is 2.82. The third-order valence-electron chi connectivity index (χ3n) is 2.97. The fourth-order valence-electron chi connectivity index (χ4n) is 1.96. The van der Waals surface area contributed by atoms with E-state index in [-0.39, 0.29) is 17.4 Å². The van der Waals surface area contributed by atoms with E-state index in [0.29, 0.717) is 10.1 Å². The number of alkyl halides is 3. The molecule has 108 valence electrons. The lowest BCUT2D eigenvalue weighted by molar-refractivity contribution is -0.142. The first-order chi connectivity index (χ1) is 9.84. The maximum Gasteiger partial charge on any atom is 0.433 e. The summed E-state index contributed by atoms with van der Waals surface area (Å²) in [4.78, 5) is 7.79. The Labute approximate surface area is 117 Å². The second-order valence-electron chi connectivity index (χ2n) is 4.57. The molecule has 2 aromatic heterocycles. The van der Waals surface area contributed by atoms with Gasteiger partial charge in [0.05, 0.1) is 5.69 Å². The van der Waals surface area contributed by atoms with E-state index in [9.17, 15) is 13.2 Å². The van der Waals surface area contributed by atoms with Crippen molar-refractivity contribution in [3.05, 3.63) is 41.6 Å². The van der Waals surface area contributed by atoms with Crippen LogP contribution in [0.2, 0.25) is 0 Å². The summed E-state index contributed by atoms with van der Waals surface area (Å²) in [5.74, 6) is -0.438. The molecule has 0 bridgehead atoms. The number of aromatic nitrogens is 4. The normalized spacial score (nSPS) is 12.0. The van der Waals surface area contributed by atoms with Crippen molar-refractivity contribution in [3.8, 4) is 11.3 Å². The van der Waals surface area contributed by atoms with E-state index >= 15 is 0 Å². The average Bonchev–Trinajstić information content (AvgIpc) is 2.77. The fourth-order valence-corrected chi connectivity index (χ4v) is 1.96. The van der Waals surface area contributed by atoms with Gasteiger partial charge in [-0.25, -0.2) is 4.98 Å². The molecule has 0 aliphatic carbocycles. The van der Waals surface area contributed by atoms with Crippen LogP contribution in [0.15, 0.2) is 30.3 Å². The van der Waals surface area contributed by atoms with Gasteiger partial charge >= 0.3 is 6.18 Å². The number of anilines is 1. The summed E-state index contributed by atoms with van der Waals surface area (Å²) >= 11 is 0. The molecular weight excluding hydrogens is 283 g/mol. The summed E-state index contributed by atoms with van der Waals surface area (Å²) < 4.78 is 40.0. The molecule has 0 atom stereocenters. The van der Waals surface area contributed by atoms with Crippen LogP contribution in [0.3, 0.4) is 0 Å². The van der Waals surface area contributed by atoms with Crippen LogP contribution in [0.5, 0.6) is 0 Å². The first-order valence-corrected chi connectivity index (χ1v) is 6.02. The lowest BCUT2D eigenvalue weighted by atomic mass is 10.1. The van der Waals surface area contributed by atoms with Gasteiger partial charge in [-0.3, -0.25) is 0 Å². The highest BCUT2D eigenvalue weighted by Gasteiger charge is 2.35. The van der Waals surface area contributed by atoms with Gasteiger partial charge < -0.3 is 5.73 Å². The lowest BCUT2D eigenvalue weighted by Crippen LogP contribution is -2.14. The van der Waals surface area contributed by atoms with Gasteiger partial charge in [-0.15, -0.1) is 5.10 Å². The number of fused-ring (bicyclic) bond motifs is 1. The Morgan fingerprint density at radius 3 is 2.38 bits per heavy atom. The zero-order valence-electron chi connectivity index (χ0n) is 10.9. The van der Waals surface area contributed by atoms with Gasteiger partial charge in [-0.05, 0) is 13.0 Å². The number of nitrogens with zero attached hydrogens (tertiary/aromatic N) is 4. The molecule has 0 fully saturated rings. The highest BCUT2D eigenvalue weighted by molar-refractivity contribution is 5.62. The van der Waals surface area contributed by atoms with Crippen molar-refractivity contribution in [2.24, 2.45) is 0 Å². The van der Waals surface area contributed by atoms with Crippen molar-refractivity contribution in [2.45, 2.75) is 13.1 Å². The minimum Gasteiger partial charge on any atom is -0.366 e. The molecule has 0 radical (unpaired) electrons. The van der Waals surface area contributed by atoms with Gasteiger partial charge in [0.1, 0.15) is 0 Å². The first kappa shape index (κ1) is 13.3. The summed E-state index contributed by atoms with van der Waals surface area (Å²) in [6, 6.07) is 7.94. The second kappa shape index (κ2) is 4.44. The van der Waals surface area contributed by atoms with Gasteiger partial charge in [0, 0.05) is 5.56 Å². The molecule has 0 amide bonds. The van der Waals surface area contributed by atoms with Crippen molar-refractivity contribution >= 4 is 11.7 Å². The zero-order valence-corrected chi connectivity index (χ0v) is 10.9. The van der Waals surface area contributed by atoms with Crippen molar-refractivity contribution in [1.82, 2.24) is 19.6 Å². The molecule has 2 N–H and O–H groups in total. The molecule has 0 saturated heterocycles. The van der Waals surface area contributed by atoms with Crippen LogP contribution in [0, 0.1) is 6.92 Å². The Morgan fingerprint density at radius 1 is 1.10 bits per heavy atom. The number of hydrogen-bond acceptors (Lipinski definition) is 4. The minimum absolute atomic E-state index is 0.169. The molecule has 5 nitrogen and oxygen atoms in total. The summed E-state index contributed by atoms with van der Waals surface area (Å²) in [5, 5.41) is 3.53. The lowest BCUT2D eigenvalue weighted by Gasteiger charge is -2.10. The maximum atomic E-state index is 13.1. The third kappa shape index (κ3) is 2.39. The number of nitrogen functional groups attached to an aromatic ring is 1. The van der Waals surface area contributed by atoms with E-state index in [1.807, 2.05) is 6.92 Å². The summed E-state index contributed by atoms with van der Waals surface area (Å²) in [6.07, 6.45) is -4.58. The van der Waals surface area contributed by atoms with Crippen LogP contribution in [0.4, 0.5) is 19.1 Å². The van der Waals surface area contributed by atoms with E-state index < -0.39 is 11.9 Å². The molecule has 3 rings (SSSR count). The molecule has 3 aromatic rings. The number of aryl methyl sites for hydroxylation is 1. The molecule has 0 aliphatic rings. The average molecular weight is 293 g/mol.